The van der Waals surface area contributed by atoms with Crippen LogP contribution in [0.15, 0.2) is 51.8 Å². The standard InChI is InChI=1S/C18H19N5O5/c1-12(2)23-14(8-9-19-23)20-15(24)11-27-16(25)10-22-18(26)28-17(21-22)13-6-4-3-5-7-13/h3-9,12H,10-11H2,1-2H3,(H,20,24). The van der Waals surface area contributed by atoms with E-state index >= 15 is 0 Å². The zero-order chi connectivity index (χ0) is 20.1. The van der Waals surface area contributed by atoms with Crippen molar-refractivity contribution < 1.29 is 18.7 Å². The molecular weight excluding hydrogens is 366 g/mol. The first-order valence-electron chi connectivity index (χ1n) is 8.56. The van der Waals surface area contributed by atoms with Crippen LogP contribution in [0.1, 0.15) is 19.9 Å². The van der Waals surface area contributed by atoms with Gasteiger partial charge in [0.1, 0.15) is 12.4 Å². The molecule has 0 radical (unpaired) electrons. The fraction of sp³-hybridized carbons (Fsp3) is 0.278. The number of hydrogen-bond donors (Lipinski definition) is 1. The second kappa shape index (κ2) is 8.33. The summed E-state index contributed by atoms with van der Waals surface area (Å²) in [7, 11) is 0. The normalized spacial score (nSPS) is 10.8. The summed E-state index contributed by atoms with van der Waals surface area (Å²) < 4.78 is 12.4. The van der Waals surface area contributed by atoms with Crippen molar-refractivity contribution in [3.8, 4) is 11.5 Å². The van der Waals surface area contributed by atoms with Crippen molar-refractivity contribution in [2.45, 2.75) is 26.4 Å². The maximum atomic E-state index is 12.0. The topological polar surface area (TPSA) is 121 Å². The van der Waals surface area contributed by atoms with Crippen molar-refractivity contribution in [1.82, 2.24) is 19.6 Å². The molecule has 2 heterocycles. The third-order valence-electron chi connectivity index (χ3n) is 3.70. The van der Waals surface area contributed by atoms with Gasteiger partial charge in [0.15, 0.2) is 6.61 Å². The Hall–Kier alpha value is -3.69. The molecule has 0 bridgehead atoms. The molecule has 146 valence electrons. The van der Waals surface area contributed by atoms with Gasteiger partial charge in [-0.15, -0.1) is 5.10 Å². The van der Waals surface area contributed by atoms with E-state index in [1.165, 1.54) is 0 Å². The van der Waals surface area contributed by atoms with Crippen LogP contribution in [-0.2, 0) is 20.9 Å². The number of amides is 1. The number of esters is 1. The molecule has 1 amide bonds. The zero-order valence-electron chi connectivity index (χ0n) is 15.4. The number of ether oxygens (including phenoxy) is 1. The molecule has 0 unspecified atom stereocenters. The lowest BCUT2D eigenvalue weighted by Gasteiger charge is -2.11. The lowest BCUT2D eigenvalue weighted by molar-refractivity contribution is -0.148. The molecule has 1 aromatic carbocycles. The Morgan fingerprint density at radius 3 is 2.68 bits per heavy atom. The molecule has 0 aliphatic heterocycles. The van der Waals surface area contributed by atoms with Gasteiger partial charge in [0, 0.05) is 17.7 Å². The van der Waals surface area contributed by atoms with E-state index in [4.69, 9.17) is 9.15 Å². The molecule has 0 aliphatic rings. The number of hydrogen-bond acceptors (Lipinski definition) is 7. The van der Waals surface area contributed by atoms with E-state index in [9.17, 15) is 14.4 Å². The molecule has 0 spiro atoms. The number of carbonyl (C=O) groups is 2. The first kappa shape index (κ1) is 19.1. The highest BCUT2D eigenvalue weighted by Gasteiger charge is 2.16. The predicted octanol–water partition coefficient (Wildman–Crippen LogP) is 1.46. The fourth-order valence-corrected chi connectivity index (χ4v) is 2.42. The van der Waals surface area contributed by atoms with Gasteiger partial charge in [0.25, 0.3) is 5.91 Å². The quantitative estimate of drug-likeness (QED) is 0.611. The average molecular weight is 385 g/mol. The maximum absolute atomic E-state index is 12.0. The van der Waals surface area contributed by atoms with Crippen LogP contribution in [-0.4, -0.2) is 38.0 Å². The number of benzene rings is 1. The largest absolute Gasteiger partial charge is 0.454 e. The SMILES string of the molecule is CC(C)n1nccc1NC(=O)COC(=O)Cn1nc(-c2ccccc2)oc1=O. The van der Waals surface area contributed by atoms with E-state index in [2.05, 4.69) is 15.5 Å². The predicted molar refractivity (Wildman–Crippen MR) is 98.4 cm³/mol. The van der Waals surface area contributed by atoms with Crippen LogP contribution in [0, 0.1) is 0 Å². The van der Waals surface area contributed by atoms with Gasteiger partial charge >= 0.3 is 11.7 Å². The Kier molecular flexibility index (Phi) is 5.68. The van der Waals surface area contributed by atoms with Crippen LogP contribution in [0.5, 0.6) is 0 Å². The van der Waals surface area contributed by atoms with Crippen LogP contribution in [0.4, 0.5) is 5.82 Å². The second-order valence-corrected chi connectivity index (χ2v) is 6.16. The minimum absolute atomic E-state index is 0.0608. The third kappa shape index (κ3) is 4.53. The summed E-state index contributed by atoms with van der Waals surface area (Å²) in [5.74, 6) is -1.51. The fourth-order valence-electron chi connectivity index (χ4n) is 2.42. The third-order valence-corrected chi connectivity index (χ3v) is 3.70. The van der Waals surface area contributed by atoms with Gasteiger partial charge in [-0.1, -0.05) is 18.2 Å². The molecule has 3 rings (SSSR count). The number of nitrogens with one attached hydrogen (secondary N) is 1. The molecule has 0 fully saturated rings. The summed E-state index contributed by atoms with van der Waals surface area (Å²) >= 11 is 0. The van der Waals surface area contributed by atoms with Crippen molar-refractivity contribution in [2.75, 3.05) is 11.9 Å². The van der Waals surface area contributed by atoms with E-state index < -0.39 is 30.8 Å². The highest BCUT2D eigenvalue weighted by Crippen LogP contribution is 2.14. The summed E-state index contributed by atoms with van der Waals surface area (Å²) in [6.45, 7) is 2.87. The second-order valence-electron chi connectivity index (χ2n) is 6.16. The Labute approximate surface area is 159 Å². The van der Waals surface area contributed by atoms with Gasteiger partial charge in [-0.25, -0.2) is 9.48 Å². The lowest BCUT2D eigenvalue weighted by Crippen LogP contribution is -2.27. The Morgan fingerprint density at radius 2 is 1.96 bits per heavy atom. The Balaban J connectivity index is 1.55. The molecule has 10 nitrogen and oxygen atoms in total. The first-order valence-corrected chi connectivity index (χ1v) is 8.56. The monoisotopic (exact) mass is 385 g/mol. The summed E-state index contributed by atoms with van der Waals surface area (Å²) in [6, 6.07) is 10.5. The smallest absolute Gasteiger partial charge is 0.437 e. The summed E-state index contributed by atoms with van der Waals surface area (Å²) in [5, 5.41) is 10.7. The van der Waals surface area contributed by atoms with E-state index in [1.807, 2.05) is 19.9 Å². The highest BCUT2D eigenvalue weighted by atomic mass is 16.5. The molecule has 0 saturated carbocycles. The van der Waals surface area contributed by atoms with Crippen LogP contribution in [0.3, 0.4) is 0 Å². The van der Waals surface area contributed by atoms with E-state index in [0.717, 1.165) is 4.68 Å². The molecule has 2 aromatic heterocycles. The van der Waals surface area contributed by atoms with E-state index in [0.29, 0.717) is 11.4 Å². The van der Waals surface area contributed by atoms with Crippen molar-refractivity contribution in [2.24, 2.45) is 0 Å². The number of anilines is 1. The zero-order valence-corrected chi connectivity index (χ0v) is 15.4. The molecule has 1 N–H and O–H groups in total. The van der Waals surface area contributed by atoms with E-state index in [-0.39, 0.29) is 11.9 Å². The minimum Gasteiger partial charge on any atom is -0.454 e. The maximum Gasteiger partial charge on any atom is 0.437 e. The van der Waals surface area contributed by atoms with Gasteiger partial charge in [0.2, 0.25) is 5.89 Å². The highest BCUT2D eigenvalue weighted by molar-refractivity contribution is 5.92. The molecule has 0 saturated heterocycles. The van der Waals surface area contributed by atoms with Gasteiger partial charge in [-0.05, 0) is 26.0 Å². The molecule has 0 atom stereocenters. The van der Waals surface area contributed by atoms with Crippen molar-refractivity contribution in [3.05, 3.63) is 53.1 Å². The Morgan fingerprint density at radius 1 is 1.21 bits per heavy atom. The van der Waals surface area contributed by atoms with Crippen molar-refractivity contribution >= 4 is 17.7 Å². The molecule has 0 aliphatic carbocycles. The van der Waals surface area contributed by atoms with Crippen molar-refractivity contribution in [3.63, 3.8) is 0 Å². The summed E-state index contributed by atoms with van der Waals surface area (Å²) in [4.78, 5) is 35.7. The van der Waals surface area contributed by atoms with Crippen molar-refractivity contribution in [1.29, 1.82) is 0 Å². The number of rotatable bonds is 7. The molecule has 3 aromatic rings. The van der Waals surface area contributed by atoms with Gasteiger partial charge in [0.05, 0.1) is 6.20 Å². The van der Waals surface area contributed by atoms with Crippen LogP contribution < -0.4 is 11.1 Å². The first-order chi connectivity index (χ1) is 13.4. The van der Waals surface area contributed by atoms with E-state index in [1.54, 1.807) is 41.2 Å². The summed E-state index contributed by atoms with van der Waals surface area (Å²) in [6.07, 6.45) is 1.56. The number of carbonyl (C=O) groups excluding carboxylic acids is 2. The lowest BCUT2D eigenvalue weighted by atomic mass is 10.2. The van der Waals surface area contributed by atoms with Crippen LogP contribution >= 0.6 is 0 Å². The van der Waals surface area contributed by atoms with Gasteiger partial charge < -0.3 is 14.5 Å². The average Bonchev–Trinajstić information content (AvgIpc) is 3.28. The summed E-state index contributed by atoms with van der Waals surface area (Å²) in [5.41, 5.74) is 0.604. The number of aromatic nitrogens is 4. The number of nitrogens with zero attached hydrogens (tertiary/aromatic N) is 4. The van der Waals surface area contributed by atoms with Crippen LogP contribution in [0.25, 0.3) is 11.5 Å². The van der Waals surface area contributed by atoms with Gasteiger partial charge in [-0.3, -0.25) is 9.59 Å². The van der Waals surface area contributed by atoms with Gasteiger partial charge in [-0.2, -0.15) is 9.78 Å². The minimum atomic E-state index is -0.791. The molecule has 28 heavy (non-hydrogen) atoms. The molecule has 10 heteroatoms. The molecular formula is C18H19N5O5. The van der Waals surface area contributed by atoms with Crippen LogP contribution in [0.2, 0.25) is 0 Å². The Bertz CT molecular complexity index is 1020.